The topological polar surface area (TPSA) is 111 Å². The summed E-state index contributed by atoms with van der Waals surface area (Å²) in [6, 6.07) is 8.31. The number of fused-ring (bicyclic) bond motifs is 1. The Kier molecular flexibility index (Phi) is 7.47. The number of anilines is 1. The molecule has 8 nitrogen and oxygen atoms in total. The summed E-state index contributed by atoms with van der Waals surface area (Å²) in [7, 11) is -7.75. The van der Waals surface area contributed by atoms with Crippen LogP contribution in [0, 0.1) is 0 Å². The first-order valence-corrected chi connectivity index (χ1v) is 14.6. The predicted molar refractivity (Wildman–Crippen MR) is 136 cm³/mol. The molecule has 12 heteroatoms. The zero-order chi connectivity index (χ0) is 24.5. The minimum Gasteiger partial charge on any atom is -0.358 e. The van der Waals surface area contributed by atoms with Gasteiger partial charge in [-0.3, -0.25) is 4.72 Å². The molecule has 3 aromatic rings. The molecule has 184 valence electrons. The number of nitrogens with one attached hydrogen (secondary N) is 3. The monoisotopic (exact) mass is 544 g/mol. The zero-order valence-electron chi connectivity index (χ0n) is 18.5. The van der Waals surface area contributed by atoms with E-state index in [9.17, 15) is 16.8 Å². The number of aromatic nitrogens is 1. The fourth-order valence-electron chi connectivity index (χ4n) is 4.20. The molecule has 0 aliphatic carbocycles. The maximum atomic E-state index is 13.4. The van der Waals surface area contributed by atoms with Gasteiger partial charge >= 0.3 is 0 Å². The molecule has 0 radical (unpaired) electrons. The second kappa shape index (κ2) is 10.0. The third-order valence-electron chi connectivity index (χ3n) is 5.88. The molecule has 3 N–H and O–H groups in total. The Morgan fingerprint density at radius 1 is 0.971 bits per heavy atom. The SMILES string of the molecule is CCCN(C1CCNCC1)S(=O)(=O)c1ccc(S(=O)(=O)Nc2ccc(Cl)c3c(Cl)c[nH]c23)cc1. The fraction of sp³-hybridized carbons (Fsp3) is 0.364. The van der Waals surface area contributed by atoms with Crippen LogP contribution in [-0.2, 0) is 20.0 Å². The molecule has 2 aromatic carbocycles. The van der Waals surface area contributed by atoms with E-state index in [1.807, 2.05) is 6.92 Å². The van der Waals surface area contributed by atoms with Gasteiger partial charge in [0.1, 0.15) is 0 Å². The van der Waals surface area contributed by atoms with Gasteiger partial charge in [0.15, 0.2) is 0 Å². The van der Waals surface area contributed by atoms with Crippen molar-refractivity contribution in [2.45, 2.75) is 42.0 Å². The van der Waals surface area contributed by atoms with Crippen LogP contribution in [0.2, 0.25) is 10.0 Å². The van der Waals surface area contributed by atoms with Crippen LogP contribution in [0.25, 0.3) is 10.9 Å². The normalized spacial score (nSPS) is 15.8. The van der Waals surface area contributed by atoms with Crippen molar-refractivity contribution in [1.29, 1.82) is 0 Å². The second-order valence-corrected chi connectivity index (χ2v) is 12.5. The first-order valence-electron chi connectivity index (χ1n) is 11.0. The molecule has 1 fully saturated rings. The van der Waals surface area contributed by atoms with Crippen LogP contribution in [0.3, 0.4) is 0 Å². The summed E-state index contributed by atoms with van der Waals surface area (Å²) in [4.78, 5) is 2.94. The van der Waals surface area contributed by atoms with Gasteiger partial charge in [-0.15, -0.1) is 0 Å². The Bertz CT molecular complexity index is 1380. The molecule has 1 aliphatic rings. The van der Waals surface area contributed by atoms with E-state index in [1.165, 1.54) is 36.5 Å². The van der Waals surface area contributed by atoms with E-state index in [2.05, 4.69) is 15.0 Å². The zero-order valence-corrected chi connectivity index (χ0v) is 21.7. The van der Waals surface area contributed by atoms with Gasteiger partial charge in [0, 0.05) is 24.2 Å². The Hall–Kier alpha value is -1.82. The number of sulfonamides is 2. The average molecular weight is 546 g/mol. The van der Waals surface area contributed by atoms with Gasteiger partial charge in [-0.25, -0.2) is 16.8 Å². The van der Waals surface area contributed by atoms with E-state index in [0.29, 0.717) is 33.9 Å². The van der Waals surface area contributed by atoms with Crippen LogP contribution >= 0.6 is 23.2 Å². The lowest BCUT2D eigenvalue weighted by Gasteiger charge is -2.33. The Labute approximate surface area is 209 Å². The summed E-state index contributed by atoms with van der Waals surface area (Å²) >= 11 is 12.3. The third kappa shape index (κ3) is 4.93. The Morgan fingerprint density at radius 3 is 2.26 bits per heavy atom. The highest BCUT2D eigenvalue weighted by molar-refractivity contribution is 7.92. The maximum absolute atomic E-state index is 13.4. The lowest BCUT2D eigenvalue weighted by molar-refractivity contribution is 0.262. The molecule has 0 spiro atoms. The molecule has 34 heavy (non-hydrogen) atoms. The average Bonchev–Trinajstić information content (AvgIpc) is 3.22. The van der Waals surface area contributed by atoms with Crippen LogP contribution in [0.5, 0.6) is 0 Å². The lowest BCUT2D eigenvalue weighted by Crippen LogP contribution is -2.46. The lowest BCUT2D eigenvalue weighted by atomic mass is 10.1. The largest absolute Gasteiger partial charge is 0.358 e. The molecule has 0 bridgehead atoms. The van der Waals surface area contributed by atoms with Crippen LogP contribution < -0.4 is 10.0 Å². The molecular weight excluding hydrogens is 519 g/mol. The highest BCUT2D eigenvalue weighted by atomic mass is 35.5. The van der Waals surface area contributed by atoms with Gasteiger partial charge in [-0.05, 0) is 68.8 Å². The summed E-state index contributed by atoms with van der Waals surface area (Å²) in [5, 5.41) is 4.53. The first-order chi connectivity index (χ1) is 16.1. The minimum absolute atomic E-state index is 0.0592. The van der Waals surface area contributed by atoms with E-state index in [1.54, 1.807) is 10.4 Å². The van der Waals surface area contributed by atoms with Crippen molar-refractivity contribution in [3.05, 3.63) is 52.6 Å². The van der Waals surface area contributed by atoms with Crippen molar-refractivity contribution in [2.24, 2.45) is 0 Å². The highest BCUT2D eigenvalue weighted by Gasteiger charge is 2.32. The molecule has 1 saturated heterocycles. The van der Waals surface area contributed by atoms with Gasteiger partial charge in [-0.2, -0.15) is 4.31 Å². The van der Waals surface area contributed by atoms with Gasteiger partial charge in [-0.1, -0.05) is 30.1 Å². The van der Waals surface area contributed by atoms with Gasteiger partial charge in [0.2, 0.25) is 10.0 Å². The van der Waals surface area contributed by atoms with E-state index in [4.69, 9.17) is 23.2 Å². The minimum atomic E-state index is -3.99. The predicted octanol–water partition coefficient (Wildman–Crippen LogP) is 4.43. The molecule has 1 aromatic heterocycles. The number of nitrogens with zero attached hydrogens (tertiary/aromatic N) is 1. The van der Waals surface area contributed by atoms with Crippen molar-refractivity contribution in [3.63, 3.8) is 0 Å². The smallest absolute Gasteiger partial charge is 0.261 e. The standard InChI is InChI=1S/C22H26Cl2N4O4S2/c1-2-13-28(15-9-11-25-12-10-15)34(31,32)17-5-3-16(4-6-17)33(29,30)27-20-8-7-18(23)21-19(24)14-26-22(20)21/h3-8,14-15,25-27H,2,9-13H2,1H3. The number of H-pyrrole nitrogens is 1. The van der Waals surface area contributed by atoms with E-state index in [-0.39, 0.29) is 21.5 Å². The van der Waals surface area contributed by atoms with Crippen molar-refractivity contribution in [1.82, 2.24) is 14.6 Å². The van der Waals surface area contributed by atoms with E-state index < -0.39 is 20.0 Å². The molecule has 2 heterocycles. The van der Waals surface area contributed by atoms with Crippen LogP contribution in [0.4, 0.5) is 5.69 Å². The highest BCUT2D eigenvalue weighted by Crippen LogP contribution is 2.35. The number of hydrogen-bond acceptors (Lipinski definition) is 5. The number of halogens is 2. The van der Waals surface area contributed by atoms with Gasteiger partial charge < -0.3 is 10.3 Å². The number of piperidine rings is 1. The third-order valence-corrected chi connectivity index (χ3v) is 9.84. The summed E-state index contributed by atoms with van der Waals surface area (Å²) < 4.78 is 56.9. The quantitative estimate of drug-likeness (QED) is 0.388. The van der Waals surface area contributed by atoms with Gasteiger partial charge in [0.05, 0.1) is 31.0 Å². The molecule has 0 unspecified atom stereocenters. The van der Waals surface area contributed by atoms with Crippen molar-refractivity contribution in [2.75, 3.05) is 24.4 Å². The molecular formula is C22H26Cl2N4O4S2. The number of benzene rings is 2. The van der Waals surface area contributed by atoms with Crippen LogP contribution in [-0.4, -0.2) is 51.8 Å². The molecule has 4 rings (SSSR count). The van der Waals surface area contributed by atoms with E-state index >= 15 is 0 Å². The number of rotatable bonds is 8. The van der Waals surface area contributed by atoms with Crippen LogP contribution in [0.15, 0.2) is 52.4 Å². The fourth-order valence-corrected chi connectivity index (χ4v) is 7.60. The maximum Gasteiger partial charge on any atom is 0.261 e. The summed E-state index contributed by atoms with van der Waals surface area (Å²) in [6.07, 6.45) is 3.71. The summed E-state index contributed by atoms with van der Waals surface area (Å²) in [6.45, 7) is 3.90. The molecule has 0 amide bonds. The van der Waals surface area contributed by atoms with Gasteiger partial charge in [0.25, 0.3) is 10.0 Å². The molecule has 0 saturated carbocycles. The summed E-state index contributed by atoms with van der Waals surface area (Å²) in [5.74, 6) is 0. The first kappa shape index (κ1) is 25.3. The van der Waals surface area contributed by atoms with Crippen molar-refractivity contribution >= 4 is 59.8 Å². The van der Waals surface area contributed by atoms with Crippen molar-refractivity contribution in [3.8, 4) is 0 Å². The summed E-state index contributed by atoms with van der Waals surface area (Å²) in [5.41, 5.74) is 0.737. The molecule has 1 aliphatic heterocycles. The Morgan fingerprint density at radius 2 is 1.62 bits per heavy atom. The number of hydrogen-bond donors (Lipinski definition) is 3. The molecule has 0 atom stereocenters. The number of aromatic amines is 1. The van der Waals surface area contributed by atoms with E-state index in [0.717, 1.165) is 25.9 Å². The van der Waals surface area contributed by atoms with Crippen molar-refractivity contribution < 1.29 is 16.8 Å². The second-order valence-electron chi connectivity index (χ2n) is 8.16. The Balaban J connectivity index is 1.61. The van der Waals surface area contributed by atoms with Crippen LogP contribution in [0.1, 0.15) is 26.2 Å².